The monoisotopic (exact) mass is 78.1 g/mol. The Morgan fingerprint density at radius 1 is 1.80 bits per heavy atom. The first-order valence-electron chi connectivity index (χ1n) is 0.816. The van der Waals surface area contributed by atoms with Crippen molar-refractivity contribution in [3.63, 3.8) is 0 Å². The first-order chi connectivity index (χ1) is 1.91. The summed E-state index contributed by atoms with van der Waals surface area (Å²) in [5, 5.41) is 0. The Morgan fingerprint density at radius 2 is 2.00 bits per heavy atom. The topological polar surface area (TPSA) is 0 Å². The number of allylic oxidation sites excluding steroid dienone is 1. The van der Waals surface area contributed by atoms with E-state index in [4.69, 9.17) is 0 Å². The van der Waals surface area contributed by atoms with Gasteiger partial charge in [0.15, 0.2) is 0 Å². The van der Waals surface area contributed by atoms with E-state index in [0.29, 0.717) is 7.85 Å². The van der Waals surface area contributed by atoms with Crippen LogP contribution in [0.5, 0.6) is 0 Å². The van der Waals surface area contributed by atoms with Crippen molar-refractivity contribution >= 4 is 7.85 Å². The second-order valence-corrected chi connectivity index (χ2v) is 0.289. The van der Waals surface area contributed by atoms with Crippen LogP contribution in [-0.2, 0) is 0 Å². The molecule has 0 saturated carbocycles. The van der Waals surface area contributed by atoms with Crippen molar-refractivity contribution in [3.05, 3.63) is 12.7 Å². The molecule has 0 unspecified atom stereocenters. The molecule has 2 heteroatoms. The first kappa shape index (κ1) is 9.26. The molecule has 0 rings (SSSR count). The Hall–Kier alpha value is 0.805. The van der Waals surface area contributed by atoms with Gasteiger partial charge in [-0.2, -0.15) is 6.32 Å². The molecular formula is C3H8BNa. The van der Waals surface area contributed by atoms with E-state index < -0.39 is 0 Å². The molecule has 0 spiro atoms. The van der Waals surface area contributed by atoms with Gasteiger partial charge in [0.25, 0.3) is 0 Å². The molecule has 0 aliphatic carbocycles. The zero-order chi connectivity index (χ0) is 3.41. The van der Waals surface area contributed by atoms with Crippen LogP contribution in [0.1, 0.15) is 0 Å². The second kappa shape index (κ2) is 8.84. The van der Waals surface area contributed by atoms with E-state index in [2.05, 4.69) is 6.58 Å². The van der Waals surface area contributed by atoms with E-state index >= 15 is 0 Å². The van der Waals surface area contributed by atoms with Crippen LogP contribution >= 0.6 is 0 Å². The Balaban J connectivity index is 0. The molecule has 0 heterocycles. The third kappa shape index (κ3) is 11.6. The molecule has 0 bridgehead atoms. The third-order valence-corrected chi connectivity index (χ3v) is 0. The SMILES string of the molecule is [BH3-]CC=C.[Na+]. The third-order valence-electron chi connectivity index (χ3n) is 0. The summed E-state index contributed by atoms with van der Waals surface area (Å²) in [6.45, 7) is 3.54. The van der Waals surface area contributed by atoms with Gasteiger partial charge in [-0.25, -0.2) is 0 Å². The average molecular weight is 77.9 g/mol. The van der Waals surface area contributed by atoms with Crippen molar-refractivity contribution in [2.75, 3.05) is 0 Å². The average Bonchev–Trinajstić information content (AvgIpc) is 1.37. The molecule has 0 atom stereocenters. The molecule has 5 heavy (non-hydrogen) atoms. The zero-order valence-electron chi connectivity index (χ0n) is 2.99. The summed E-state index contributed by atoms with van der Waals surface area (Å²) in [5.74, 6) is 0. The second-order valence-electron chi connectivity index (χ2n) is 0.289. The molecule has 0 aliphatic heterocycles. The molecule has 24 valence electrons. The van der Waals surface area contributed by atoms with Crippen LogP contribution in [0.4, 0.5) is 0 Å². The summed E-state index contributed by atoms with van der Waals surface area (Å²) in [4.78, 5) is 0. The van der Waals surface area contributed by atoms with Gasteiger partial charge in [-0.1, -0.05) is 0 Å². The Kier molecular flexibility index (Phi) is 16.4. The quantitative estimate of drug-likeness (QED) is 0.231. The van der Waals surface area contributed by atoms with Crippen LogP contribution in [0.25, 0.3) is 0 Å². The minimum atomic E-state index is 0. The van der Waals surface area contributed by atoms with Crippen LogP contribution in [0.3, 0.4) is 0 Å². The predicted octanol–water partition coefficient (Wildman–Crippen LogP) is -3.04. The maximum absolute atomic E-state index is 3.54. The fourth-order valence-electron chi connectivity index (χ4n) is 0. The first-order valence-corrected chi connectivity index (χ1v) is 0.816. The molecule has 0 amide bonds. The maximum atomic E-state index is 3.54. The largest absolute Gasteiger partial charge is 1.00 e. The Morgan fingerprint density at radius 3 is 2.00 bits per heavy atom. The van der Waals surface area contributed by atoms with Crippen molar-refractivity contribution in [1.29, 1.82) is 0 Å². The van der Waals surface area contributed by atoms with E-state index in [9.17, 15) is 0 Å². The number of hydrogen-bond donors (Lipinski definition) is 0. The molecule has 0 aromatic rings. The molecule has 0 aromatic heterocycles. The van der Waals surface area contributed by atoms with Gasteiger partial charge in [0.05, 0.1) is 0 Å². The molecule has 0 aromatic carbocycles. The van der Waals surface area contributed by atoms with Crippen molar-refractivity contribution in [3.8, 4) is 0 Å². The van der Waals surface area contributed by atoms with Gasteiger partial charge in [-0.05, 0) is 7.85 Å². The molecule has 0 radical (unpaired) electrons. The maximum Gasteiger partial charge on any atom is 1.00 e. The van der Waals surface area contributed by atoms with Crippen LogP contribution in [0.2, 0.25) is 6.32 Å². The van der Waals surface area contributed by atoms with E-state index in [1.54, 1.807) is 0 Å². The van der Waals surface area contributed by atoms with E-state index in [1.807, 2.05) is 6.08 Å². The number of rotatable bonds is 1. The van der Waals surface area contributed by atoms with E-state index in [0.717, 1.165) is 0 Å². The van der Waals surface area contributed by atoms with Crippen molar-refractivity contribution in [2.45, 2.75) is 6.32 Å². The van der Waals surface area contributed by atoms with Crippen LogP contribution in [-0.4, -0.2) is 7.85 Å². The summed E-state index contributed by atoms with van der Waals surface area (Å²) in [7, 11) is 0.639. The smallest absolute Gasteiger partial charge is 0.169 e. The number of hydrogen-bond acceptors (Lipinski definition) is 0. The molecule has 0 aliphatic rings. The van der Waals surface area contributed by atoms with Gasteiger partial charge in [-0.3, -0.25) is 0 Å². The van der Waals surface area contributed by atoms with Gasteiger partial charge >= 0.3 is 29.6 Å². The molecular weight excluding hydrogens is 69.8 g/mol. The van der Waals surface area contributed by atoms with Gasteiger partial charge in [-0.15, -0.1) is 12.7 Å². The fraction of sp³-hybridized carbons (Fsp3) is 0.333. The summed E-state index contributed by atoms with van der Waals surface area (Å²) in [5.41, 5.74) is 0. The van der Waals surface area contributed by atoms with Crippen molar-refractivity contribution in [1.82, 2.24) is 0 Å². The standard InChI is InChI=1S/C3H8B.Na/c1-2-3-4;/h2H,1,3H2,4H3;/q-1;+1. The van der Waals surface area contributed by atoms with Crippen molar-refractivity contribution in [2.24, 2.45) is 0 Å². The van der Waals surface area contributed by atoms with Crippen LogP contribution in [0, 0.1) is 0 Å². The van der Waals surface area contributed by atoms with Crippen LogP contribution < -0.4 is 29.6 Å². The van der Waals surface area contributed by atoms with Gasteiger partial charge in [0.2, 0.25) is 0 Å². The van der Waals surface area contributed by atoms with Gasteiger partial charge in [0, 0.05) is 0 Å². The Bertz CT molecular complexity index is 20.9. The van der Waals surface area contributed by atoms with Gasteiger partial charge in [0.1, 0.15) is 0 Å². The zero-order valence-corrected chi connectivity index (χ0v) is 4.99. The van der Waals surface area contributed by atoms with Gasteiger partial charge < -0.3 is 0 Å². The molecule has 0 saturated heterocycles. The predicted molar refractivity (Wildman–Crippen MR) is 24.9 cm³/mol. The normalized spacial score (nSPS) is 5.00. The van der Waals surface area contributed by atoms with Crippen molar-refractivity contribution < 1.29 is 29.6 Å². The fourth-order valence-corrected chi connectivity index (χ4v) is 0. The van der Waals surface area contributed by atoms with E-state index in [1.165, 1.54) is 6.32 Å². The molecule has 0 N–H and O–H groups in total. The van der Waals surface area contributed by atoms with E-state index in [-0.39, 0.29) is 29.6 Å². The molecule has 0 fully saturated rings. The summed E-state index contributed by atoms with van der Waals surface area (Å²) < 4.78 is 0. The minimum Gasteiger partial charge on any atom is -0.169 e. The summed E-state index contributed by atoms with van der Waals surface area (Å²) >= 11 is 0. The summed E-state index contributed by atoms with van der Waals surface area (Å²) in [6, 6.07) is 0. The molecule has 0 nitrogen and oxygen atoms in total. The Labute approximate surface area is 56.3 Å². The van der Waals surface area contributed by atoms with Crippen LogP contribution in [0.15, 0.2) is 12.7 Å². The summed E-state index contributed by atoms with van der Waals surface area (Å²) in [6.07, 6.45) is 3.32. The minimum absolute atomic E-state index is 0.